The topological polar surface area (TPSA) is 24.5 Å². The minimum Gasteiger partial charge on any atom is -0.378 e. The van der Waals surface area contributed by atoms with Crippen molar-refractivity contribution in [2.75, 3.05) is 31.6 Å². The maximum atomic E-state index is 5.62. The van der Waals surface area contributed by atoms with Gasteiger partial charge in [0.2, 0.25) is 0 Å². The average molecular weight is 342 g/mol. The van der Waals surface area contributed by atoms with Crippen molar-refractivity contribution in [3.05, 3.63) is 48.0 Å². The lowest BCUT2D eigenvalue weighted by Gasteiger charge is -2.29. The highest BCUT2D eigenvalue weighted by Gasteiger charge is 2.17. The van der Waals surface area contributed by atoms with Gasteiger partial charge in [-0.3, -0.25) is 0 Å². The molecule has 0 aliphatic carbocycles. The number of benzene rings is 2. The van der Waals surface area contributed by atoms with Crippen molar-refractivity contribution in [3.8, 4) is 0 Å². The lowest BCUT2D eigenvalue weighted by molar-refractivity contribution is 0.0684. The number of nitrogens with one attached hydrogen (secondary N) is 1. The molecule has 0 atom stereocenters. The molecule has 2 heterocycles. The zero-order chi connectivity index (χ0) is 15.6. The molecule has 0 amide bonds. The Morgan fingerprint density at radius 1 is 1.09 bits per heavy atom. The van der Waals surface area contributed by atoms with Crippen molar-refractivity contribution >= 4 is 40.3 Å². The van der Waals surface area contributed by atoms with Crippen LogP contribution in [-0.4, -0.2) is 36.2 Å². The summed E-state index contributed by atoms with van der Waals surface area (Å²) < 4.78 is 5.39. The van der Waals surface area contributed by atoms with Crippen LogP contribution in [-0.2, 0) is 11.2 Å². The van der Waals surface area contributed by atoms with E-state index in [2.05, 4.69) is 52.7 Å². The van der Waals surface area contributed by atoms with Gasteiger partial charge in [-0.05, 0) is 29.8 Å². The molecule has 0 spiro atoms. The van der Waals surface area contributed by atoms with Gasteiger partial charge in [0.05, 0.1) is 29.6 Å². The van der Waals surface area contributed by atoms with Crippen molar-refractivity contribution in [1.29, 1.82) is 0 Å². The molecule has 1 N–H and O–H groups in total. The quantitative estimate of drug-likeness (QED) is 0.707. The van der Waals surface area contributed by atoms with Gasteiger partial charge >= 0.3 is 0 Å². The van der Waals surface area contributed by atoms with Crippen molar-refractivity contribution in [2.45, 2.75) is 16.2 Å². The fraction of sp³-hybridized carbons (Fsp3) is 0.278. The molecule has 0 saturated carbocycles. The highest BCUT2D eigenvalue weighted by atomic mass is 32.2. The van der Waals surface area contributed by atoms with Gasteiger partial charge in [0.15, 0.2) is 0 Å². The first-order valence-corrected chi connectivity index (χ1v) is 9.04. The minimum atomic E-state index is 0.777. The van der Waals surface area contributed by atoms with Crippen LogP contribution in [0.4, 0.5) is 11.4 Å². The van der Waals surface area contributed by atoms with Crippen LogP contribution in [0.1, 0.15) is 5.56 Å². The Morgan fingerprint density at radius 3 is 2.74 bits per heavy atom. The maximum Gasteiger partial charge on any atom is 0.0825 e. The van der Waals surface area contributed by atoms with Crippen LogP contribution in [0.5, 0.6) is 0 Å². The third kappa shape index (κ3) is 3.22. The molecule has 3 nitrogen and oxygen atoms in total. The number of para-hydroxylation sites is 1. The first-order valence-electron chi connectivity index (χ1n) is 7.82. The minimum absolute atomic E-state index is 0.777. The molecule has 4 rings (SSSR count). The van der Waals surface area contributed by atoms with E-state index >= 15 is 0 Å². The lowest BCUT2D eigenvalue weighted by Crippen LogP contribution is -2.40. The van der Waals surface area contributed by atoms with E-state index in [0.29, 0.717) is 0 Å². The van der Waals surface area contributed by atoms with Crippen LogP contribution < -0.4 is 5.32 Å². The van der Waals surface area contributed by atoms with Gasteiger partial charge in [-0.25, -0.2) is 0 Å². The normalized spacial score (nSPS) is 16.3. The van der Waals surface area contributed by atoms with E-state index in [1.165, 1.54) is 26.7 Å². The molecule has 5 heteroatoms. The highest BCUT2D eigenvalue weighted by molar-refractivity contribution is 7.99. The van der Waals surface area contributed by atoms with Crippen molar-refractivity contribution in [3.63, 3.8) is 0 Å². The average Bonchev–Trinajstić information content (AvgIpc) is 2.60. The molecule has 1 fully saturated rings. The van der Waals surface area contributed by atoms with Crippen LogP contribution in [0, 0.1) is 0 Å². The second-order valence-electron chi connectivity index (χ2n) is 5.72. The van der Waals surface area contributed by atoms with Crippen molar-refractivity contribution in [1.82, 2.24) is 4.90 Å². The first-order chi connectivity index (χ1) is 11.3. The Bertz CT molecular complexity index is 742. The van der Waals surface area contributed by atoms with Crippen LogP contribution >= 0.6 is 24.0 Å². The fourth-order valence-electron chi connectivity index (χ4n) is 2.90. The molecule has 2 aromatic carbocycles. The number of nitrogens with zero attached hydrogens (tertiary/aromatic N) is 1. The molecule has 0 aromatic heterocycles. The number of morpholine rings is 1. The number of thiocarbonyl (C=S) groups is 1. The van der Waals surface area contributed by atoms with Crippen molar-refractivity contribution < 1.29 is 4.74 Å². The molecule has 2 aliphatic rings. The predicted molar refractivity (Wildman–Crippen MR) is 99.0 cm³/mol. The van der Waals surface area contributed by atoms with Gasteiger partial charge in [0.25, 0.3) is 0 Å². The third-order valence-electron chi connectivity index (χ3n) is 4.14. The van der Waals surface area contributed by atoms with Gasteiger partial charge in [0.1, 0.15) is 0 Å². The largest absolute Gasteiger partial charge is 0.378 e. The van der Waals surface area contributed by atoms with E-state index in [0.717, 1.165) is 37.7 Å². The highest BCUT2D eigenvalue weighted by Crippen LogP contribution is 2.44. The Balaban J connectivity index is 1.51. The van der Waals surface area contributed by atoms with E-state index in [9.17, 15) is 0 Å². The SMILES string of the molecule is S=C(Cc1ccc2c(c1)Nc1ccccc1S2)N1CCOCC1. The molecule has 0 unspecified atom stereocenters. The number of rotatable bonds is 2. The van der Waals surface area contributed by atoms with Crippen LogP contribution in [0.15, 0.2) is 52.3 Å². The summed E-state index contributed by atoms with van der Waals surface area (Å²) >= 11 is 7.43. The molecule has 2 aliphatic heterocycles. The lowest BCUT2D eigenvalue weighted by atomic mass is 10.1. The summed E-state index contributed by atoms with van der Waals surface area (Å²) in [4.78, 5) is 5.81. The first kappa shape index (κ1) is 15.0. The zero-order valence-corrected chi connectivity index (χ0v) is 14.4. The Hall–Kier alpha value is -1.56. The third-order valence-corrected chi connectivity index (χ3v) is 5.69. The Labute approximate surface area is 146 Å². The van der Waals surface area contributed by atoms with E-state index in [-0.39, 0.29) is 0 Å². The summed E-state index contributed by atoms with van der Waals surface area (Å²) in [6.45, 7) is 3.37. The Morgan fingerprint density at radius 2 is 1.87 bits per heavy atom. The maximum absolute atomic E-state index is 5.62. The molecule has 0 bridgehead atoms. The Kier molecular flexibility index (Phi) is 4.25. The smallest absolute Gasteiger partial charge is 0.0825 e. The molecule has 1 saturated heterocycles. The summed E-state index contributed by atoms with van der Waals surface area (Å²) in [5, 5.41) is 3.54. The second kappa shape index (κ2) is 6.51. The molecule has 23 heavy (non-hydrogen) atoms. The van der Waals surface area contributed by atoms with Gasteiger partial charge in [-0.1, -0.05) is 42.2 Å². The number of anilines is 2. The number of hydrogen-bond donors (Lipinski definition) is 1. The zero-order valence-electron chi connectivity index (χ0n) is 12.7. The standard InChI is InChI=1S/C18H18N2OS2/c22-18(20-7-9-21-10-8-20)12-13-5-6-17-15(11-13)19-14-3-1-2-4-16(14)23-17/h1-6,11,19H,7-10,12H2. The monoisotopic (exact) mass is 342 g/mol. The summed E-state index contributed by atoms with van der Waals surface area (Å²) in [5.41, 5.74) is 3.61. The number of hydrogen-bond acceptors (Lipinski definition) is 4. The summed E-state index contributed by atoms with van der Waals surface area (Å²) in [6.07, 6.45) is 0.816. The summed E-state index contributed by atoms with van der Waals surface area (Å²) in [6, 6.07) is 15.0. The van der Waals surface area contributed by atoms with Crippen molar-refractivity contribution in [2.24, 2.45) is 0 Å². The van der Waals surface area contributed by atoms with E-state index in [4.69, 9.17) is 17.0 Å². The molecule has 0 radical (unpaired) electrons. The van der Waals surface area contributed by atoms with Gasteiger partial charge in [-0.15, -0.1) is 0 Å². The van der Waals surface area contributed by atoms with E-state index in [1.54, 1.807) is 0 Å². The summed E-state index contributed by atoms with van der Waals surface area (Å²) in [5.74, 6) is 0. The van der Waals surface area contributed by atoms with Gasteiger partial charge < -0.3 is 15.0 Å². The predicted octanol–water partition coefficient (Wildman–Crippen LogP) is 4.10. The molecular formula is C18H18N2OS2. The van der Waals surface area contributed by atoms with Crippen LogP contribution in [0.25, 0.3) is 0 Å². The van der Waals surface area contributed by atoms with Crippen LogP contribution in [0.3, 0.4) is 0 Å². The molecule has 118 valence electrons. The molecule has 2 aromatic rings. The van der Waals surface area contributed by atoms with Crippen LogP contribution in [0.2, 0.25) is 0 Å². The fourth-order valence-corrected chi connectivity index (χ4v) is 4.21. The van der Waals surface area contributed by atoms with Gasteiger partial charge in [-0.2, -0.15) is 0 Å². The summed E-state index contributed by atoms with van der Waals surface area (Å²) in [7, 11) is 0. The number of fused-ring (bicyclic) bond motifs is 2. The second-order valence-corrected chi connectivity index (χ2v) is 7.28. The van der Waals surface area contributed by atoms with Gasteiger partial charge in [0, 0.05) is 29.3 Å². The van der Waals surface area contributed by atoms with E-state index < -0.39 is 0 Å². The van der Waals surface area contributed by atoms with E-state index in [1.807, 2.05) is 11.8 Å². The number of ether oxygens (including phenoxy) is 1. The molecular weight excluding hydrogens is 324 g/mol.